The highest BCUT2D eigenvalue weighted by molar-refractivity contribution is 5.88. The molecule has 0 aliphatic heterocycles. The monoisotopic (exact) mass is 350 g/mol. The van der Waals surface area contributed by atoms with Crippen molar-refractivity contribution in [1.82, 2.24) is 0 Å². The van der Waals surface area contributed by atoms with Crippen LogP contribution in [0, 0.1) is 0 Å². The second-order valence-electron chi connectivity index (χ2n) is 5.39. The Morgan fingerprint density at radius 2 is 1.12 bits per heavy atom. The van der Waals surface area contributed by atoms with Gasteiger partial charge in [-0.2, -0.15) is 0 Å². The van der Waals surface area contributed by atoms with Crippen LogP contribution in [0.1, 0.15) is 64.7 Å². The first-order valence-corrected chi connectivity index (χ1v) is 7.66. The summed E-state index contributed by atoms with van der Waals surface area (Å²) in [6.45, 7) is 2.18. The van der Waals surface area contributed by atoms with Gasteiger partial charge in [0, 0.05) is 6.42 Å². The molecule has 0 spiro atoms. The van der Waals surface area contributed by atoms with E-state index in [-0.39, 0.29) is 0 Å². The lowest BCUT2D eigenvalue weighted by Crippen LogP contribution is -2.42. The van der Waals surface area contributed by atoms with Gasteiger partial charge in [0.2, 0.25) is 0 Å². The first-order chi connectivity index (χ1) is 11.0. The molecule has 0 aliphatic rings. The zero-order chi connectivity index (χ0) is 19.2. The quantitative estimate of drug-likeness (QED) is 0.328. The highest BCUT2D eigenvalue weighted by atomic mass is 16.4. The van der Waals surface area contributed by atoms with E-state index in [0.717, 1.165) is 12.8 Å². The number of hydrogen-bond acceptors (Lipinski definition) is 5. The first-order valence-electron chi connectivity index (χ1n) is 7.66. The summed E-state index contributed by atoms with van der Waals surface area (Å²) in [4.78, 5) is 40.6. The summed E-state index contributed by atoms with van der Waals surface area (Å²) in [5.74, 6) is -5.69. The van der Waals surface area contributed by atoms with Crippen LogP contribution in [0.4, 0.5) is 0 Å². The lowest BCUT2D eigenvalue weighted by Gasteiger charge is -2.18. The zero-order valence-electron chi connectivity index (χ0n) is 13.7. The molecule has 0 atom stereocenters. The molecule has 0 aromatic heterocycles. The second kappa shape index (κ2) is 13.3. The van der Waals surface area contributed by atoms with Crippen LogP contribution in [0.15, 0.2) is 0 Å². The van der Waals surface area contributed by atoms with Crippen molar-refractivity contribution < 1.29 is 44.7 Å². The van der Waals surface area contributed by atoms with E-state index in [0.29, 0.717) is 6.42 Å². The van der Waals surface area contributed by atoms with Gasteiger partial charge < -0.3 is 25.5 Å². The van der Waals surface area contributed by atoms with Gasteiger partial charge in [0.1, 0.15) is 0 Å². The largest absolute Gasteiger partial charge is 0.481 e. The highest BCUT2D eigenvalue weighted by Crippen LogP contribution is 2.15. The van der Waals surface area contributed by atoms with Crippen LogP contribution in [-0.2, 0) is 19.2 Å². The molecule has 0 unspecified atom stereocenters. The third kappa shape index (κ3) is 14.8. The van der Waals surface area contributed by atoms with Gasteiger partial charge in [0.15, 0.2) is 5.60 Å². The lowest BCUT2D eigenvalue weighted by molar-refractivity contribution is -0.170. The van der Waals surface area contributed by atoms with Crippen molar-refractivity contribution in [2.24, 2.45) is 0 Å². The van der Waals surface area contributed by atoms with E-state index < -0.39 is 42.3 Å². The van der Waals surface area contributed by atoms with Crippen molar-refractivity contribution in [1.29, 1.82) is 0 Å². The maximum absolute atomic E-state index is 10.3. The molecule has 0 bridgehead atoms. The summed E-state index contributed by atoms with van der Waals surface area (Å²) in [5, 5.41) is 42.1. The maximum atomic E-state index is 10.3. The van der Waals surface area contributed by atoms with E-state index in [2.05, 4.69) is 6.92 Å². The van der Waals surface area contributed by atoms with Gasteiger partial charge in [-0.1, -0.05) is 39.0 Å². The maximum Gasteiger partial charge on any atom is 0.336 e. The van der Waals surface area contributed by atoms with Crippen LogP contribution in [0.2, 0.25) is 0 Å². The molecule has 140 valence electrons. The molecule has 0 saturated heterocycles. The summed E-state index contributed by atoms with van der Waals surface area (Å²) in [6.07, 6.45) is 4.96. The van der Waals surface area contributed by atoms with Gasteiger partial charge >= 0.3 is 23.9 Å². The van der Waals surface area contributed by atoms with E-state index in [9.17, 15) is 19.2 Å². The summed E-state index contributed by atoms with van der Waals surface area (Å²) in [5.41, 5.74) is -2.74. The van der Waals surface area contributed by atoms with E-state index in [1.54, 1.807) is 0 Å². The highest BCUT2D eigenvalue weighted by Gasteiger charge is 2.40. The first kappa shape index (κ1) is 24.1. The van der Waals surface area contributed by atoms with Crippen molar-refractivity contribution >= 4 is 23.9 Å². The van der Waals surface area contributed by atoms with E-state index in [4.69, 9.17) is 25.5 Å². The Morgan fingerprint density at radius 1 is 0.708 bits per heavy atom. The summed E-state index contributed by atoms with van der Waals surface area (Å²) in [7, 11) is 0. The minimum atomic E-state index is -2.74. The van der Waals surface area contributed by atoms with Crippen molar-refractivity contribution in [3.63, 3.8) is 0 Å². The third-order valence-corrected chi connectivity index (χ3v) is 3.03. The Morgan fingerprint density at radius 3 is 1.46 bits per heavy atom. The summed E-state index contributed by atoms with van der Waals surface area (Å²) < 4.78 is 0. The average Bonchev–Trinajstić information content (AvgIpc) is 2.41. The number of aliphatic hydroxyl groups is 1. The van der Waals surface area contributed by atoms with Crippen LogP contribution in [0.25, 0.3) is 0 Å². The molecule has 9 nitrogen and oxygen atoms in total. The predicted octanol–water partition coefficient (Wildman–Crippen LogP) is 1.57. The van der Waals surface area contributed by atoms with Crippen molar-refractivity contribution in [3.05, 3.63) is 0 Å². The van der Waals surface area contributed by atoms with Crippen molar-refractivity contribution in [2.45, 2.75) is 70.3 Å². The van der Waals surface area contributed by atoms with Gasteiger partial charge in [-0.3, -0.25) is 14.4 Å². The minimum absolute atomic E-state index is 0.339. The number of carboxylic acids is 4. The fraction of sp³-hybridized carbons (Fsp3) is 0.733. The van der Waals surface area contributed by atoms with E-state index in [1.165, 1.54) is 25.7 Å². The number of aliphatic carboxylic acids is 4. The predicted molar refractivity (Wildman–Crippen MR) is 82.7 cm³/mol. The number of carbonyl (C=O) groups is 4. The Labute approximate surface area is 139 Å². The van der Waals surface area contributed by atoms with Crippen LogP contribution in [0.3, 0.4) is 0 Å². The molecule has 0 heterocycles. The number of unbranched alkanes of at least 4 members (excludes halogenated alkanes) is 5. The van der Waals surface area contributed by atoms with Crippen LogP contribution < -0.4 is 0 Å². The molecule has 0 rings (SSSR count). The summed E-state index contributed by atoms with van der Waals surface area (Å²) in [6, 6.07) is 0. The van der Waals surface area contributed by atoms with Gasteiger partial charge in [-0.05, 0) is 6.42 Å². The zero-order valence-corrected chi connectivity index (χ0v) is 13.7. The molecule has 0 aliphatic carbocycles. The lowest BCUT2D eigenvalue weighted by atomic mass is 9.96. The SMILES string of the molecule is CCCCCCCCC(=O)O.O=C(O)CC(O)(CC(=O)O)C(=O)O. The van der Waals surface area contributed by atoms with Gasteiger partial charge in [-0.15, -0.1) is 0 Å². The molecule has 9 heteroatoms. The molecule has 0 fully saturated rings. The Balaban J connectivity index is 0. The molecule has 5 N–H and O–H groups in total. The molecular formula is C15H26O9. The van der Waals surface area contributed by atoms with Gasteiger partial charge in [0.25, 0.3) is 0 Å². The number of carboxylic acid groups (broad SMARTS) is 4. The normalized spacial score (nSPS) is 10.4. The molecular weight excluding hydrogens is 324 g/mol. The van der Waals surface area contributed by atoms with E-state index >= 15 is 0 Å². The standard InChI is InChI=1S/C9H18O2.C6H8O7/c1-2-3-4-5-6-7-8-9(10)11;7-3(8)1-6(13,5(11)12)2-4(9)10/h2-8H2,1H3,(H,10,11);13H,1-2H2,(H,7,8)(H,9,10)(H,11,12). The summed E-state index contributed by atoms with van der Waals surface area (Å²) >= 11 is 0. The molecule has 24 heavy (non-hydrogen) atoms. The third-order valence-electron chi connectivity index (χ3n) is 3.03. The molecule has 0 radical (unpaired) electrons. The molecule has 0 aromatic carbocycles. The van der Waals surface area contributed by atoms with Crippen molar-refractivity contribution in [2.75, 3.05) is 0 Å². The second-order valence-corrected chi connectivity index (χ2v) is 5.39. The fourth-order valence-electron chi connectivity index (χ4n) is 1.77. The number of hydrogen-bond donors (Lipinski definition) is 5. The van der Waals surface area contributed by atoms with E-state index in [1.807, 2.05) is 0 Å². The Hall–Kier alpha value is -2.16. The van der Waals surface area contributed by atoms with Gasteiger partial charge in [0.05, 0.1) is 12.8 Å². The van der Waals surface area contributed by atoms with Crippen molar-refractivity contribution in [3.8, 4) is 0 Å². The van der Waals surface area contributed by atoms with Crippen LogP contribution in [0.5, 0.6) is 0 Å². The molecule has 0 aromatic rings. The Bertz CT molecular complexity index is 401. The van der Waals surface area contributed by atoms with Crippen LogP contribution in [-0.4, -0.2) is 55.0 Å². The minimum Gasteiger partial charge on any atom is -0.481 e. The number of rotatable bonds is 12. The molecule has 0 amide bonds. The fourth-order valence-corrected chi connectivity index (χ4v) is 1.77. The van der Waals surface area contributed by atoms with Crippen LogP contribution >= 0.6 is 0 Å². The topological polar surface area (TPSA) is 169 Å². The smallest absolute Gasteiger partial charge is 0.336 e. The average molecular weight is 350 g/mol. The van der Waals surface area contributed by atoms with Gasteiger partial charge in [-0.25, -0.2) is 4.79 Å². The molecule has 0 saturated carbocycles. The Kier molecular flexibility index (Phi) is 13.3.